The van der Waals surface area contributed by atoms with E-state index in [2.05, 4.69) is 15.4 Å². The van der Waals surface area contributed by atoms with Crippen molar-refractivity contribution < 1.29 is 9.59 Å². The lowest BCUT2D eigenvalue weighted by Gasteiger charge is -2.08. The molecule has 3 aromatic heterocycles. The van der Waals surface area contributed by atoms with E-state index in [1.165, 1.54) is 15.9 Å². The lowest BCUT2D eigenvalue weighted by Crippen LogP contribution is -2.29. The first-order valence-corrected chi connectivity index (χ1v) is 9.77. The van der Waals surface area contributed by atoms with Gasteiger partial charge in [0.25, 0.3) is 0 Å². The number of nitrogens with one attached hydrogen (secondary N) is 1. The molecule has 0 fully saturated rings. The third-order valence-corrected chi connectivity index (χ3v) is 6.10. The minimum absolute atomic E-state index is 0.122. The van der Waals surface area contributed by atoms with Crippen molar-refractivity contribution in [3.63, 3.8) is 0 Å². The molecule has 0 atom stereocenters. The summed E-state index contributed by atoms with van der Waals surface area (Å²) in [4.78, 5) is 42.8. The topological polar surface area (TPSA) is 98.9 Å². The van der Waals surface area contributed by atoms with Gasteiger partial charge in [-0.1, -0.05) is 0 Å². The van der Waals surface area contributed by atoms with Crippen LogP contribution in [-0.2, 0) is 31.2 Å². The average molecular weight is 397 g/mol. The first kappa shape index (κ1) is 18.3. The molecule has 3 aromatic rings. The summed E-state index contributed by atoms with van der Waals surface area (Å²) in [7, 11) is 1.61. The van der Waals surface area contributed by atoms with Crippen LogP contribution in [0, 0.1) is 6.92 Å². The predicted octanol–water partition coefficient (Wildman–Crippen LogP) is 1.71. The highest BCUT2D eigenvalue weighted by atomic mass is 32.1. The van der Waals surface area contributed by atoms with Crippen molar-refractivity contribution in [3.8, 4) is 0 Å². The molecule has 8 nitrogen and oxygen atoms in total. The molecule has 0 saturated heterocycles. The normalized spacial score (nSPS) is 12.8. The zero-order valence-electron chi connectivity index (χ0n) is 15.6. The summed E-state index contributed by atoms with van der Waals surface area (Å²) >= 11 is 1.44. The Kier molecular flexibility index (Phi) is 4.68. The fourth-order valence-corrected chi connectivity index (χ4v) is 4.68. The third kappa shape index (κ3) is 3.18. The molecule has 0 saturated carbocycles. The Morgan fingerprint density at radius 2 is 2.00 bits per heavy atom. The minimum atomic E-state index is -0.385. The van der Waals surface area contributed by atoms with Gasteiger partial charge in [0.2, 0.25) is 5.91 Å². The lowest BCUT2D eigenvalue weighted by molar-refractivity contribution is -0.116. The van der Waals surface area contributed by atoms with Gasteiger partial charge < -0.3 is 5.32 Å². The third-order valence-electron chi connectivity index (χ3n) is 4.90. The molecule has 0 aliphatic heterocycles. The summed E-state index contributed by atoms with van der Waals surface area (Å²) in [6.45, 7) is 1.50. The van der Waals surface area contributed by atoms with Crippen molar-refractivity contribution in [3.05, 3.63) is 62.4 Å². The van der Waals surface area contributed by atoms with E-state index in [-0.39, 0.29) is 23.9 Å². The van der Waals surface area contributed by atoms with Gasteiger partial charge in [0.1, 0.15) is 17.4 Å². The minimum Gasteiger partial charge on any atom is -0.315 e. The van der Waals surface area contributed by atoms with Gasteiger partial charge in [0, 0.05) is 29.9 Å². The van der Waals surface area contributed by atoms with E-state index in [9.17, 15) is 14.4 Å². The van der Waals surface area contributed by atoms with Crippen molar-refractivity contribution in [1.29, 1.82) is 0 Å². The molecule has 0 unspecified atom stereocenters. The summed E-state index contributed by atoms with van der Waals surface area (Å²) in [5.74, 6) is 0.0216. The fraction of sp³-hybridized carbons (Fsp3) is 0.316. The Morgan fingerprint density at radius 3 is 2.68 bits per heavy atom. The molecular formula is C19H19N5O3S. The van der Waals surface area contributed by atoms with Crippen molar-refractivity contribution >= 4 is 28.0 Å². The Labute approximate surface area is 164 Å². The van der Waals surface area contributed by atoms with Crippen LogP contribution >= 0.6 is 11.3 Å². The number of carbonyl (C=O) groups is 2. The number of aromatic nitrogens is 4. The summed E-state index contributed by atoms with van der Waals surface area (Å²) in [5, 5.41) is 7.45. The highest BCUT2D eigenvalue weighted by Gasteiger charge is 2.28. The molecule has 4 rings (SSSR count). The molecule has 0 radical (unpaired) electrons. The van der Waals surface area contributed by atoms with Crippen molar-refractivity contribution in [2.45, 2.75) is 32.7 Å². The molecule has 28 heavy (non-hydrogen) atoms. The van der Waals surface area contributed by atoms with E-state index >= 15 is 0 Å². The van der Waals surface area contributed by atoms with E-state index in [0.717, 1.165) is 34.4 Å². The SMILES string of the molecule is Cc1nn(CC(=O)Nc2sc3c(c2C(=O)c2ccncc2)CCC3)c(=O)n1C. The average Bonchev–Trinajstić information content (AvgIpc) is 3.32. The number of hydrogen-bond acceptors (Lipinski definition) is 6. The molecule has 0 aromatic carbocycles. The second-order valence-electron chi connectivity index (χ2n) is 6.72. The Bertz CT molecular complexity index is 1130. The number of rotatable bonds is 5. The molecule has 1 amide bonds. The number of aryl methyl sites for hydroxylation is 2. The Morgan fingerprint density at radius 1 is 1.25 bits per heavy atom. The summed E-state index contributed by atoms with van der Waals surface area (Å²) < 4.78 is 2.50. The molecule has 1 aliphatic rings. The van der Waals surface area contributed by atoms with Crippen LogP contribution in [0.1, 0.15) is 38.6 Å². The first-order valence-electron chi connectivity index (χ1n) is 8.95. The molecule has 1 N–H and O–H groups in total. The number of ketones is 1. The maximum Gasteiger partial charge on any atom is 0.346 e. The quantitative estimate of drug-likeness (QED) is 0.661. The van der Waals surface area contributed by atoms with Crippen LogP contribution in [0.2, 0.25) is 0 Å². The smallest absolute Gasteiger partial charge is 0.315 e. The van der Waals surface area contributed by atoms with Crippen molar-refractivity contribution in [1.82, 2.24) is 19.3 Å². The molecule has 3 heterocycles. The Hall–Kier alpha value is -3.07. The van der Waals surface area contributed by atoms with Crippen LogP contribution in [0.3, 0.4) is 0 Å². The van der Waals surface area contributed by atoms with Crippen molar-refractivity contribution in [2.24, 2.45) is 7.05 Å². The van der Waals surface area contributed by atoms with E-state index in [0.29, 0.717) is 22.0 Å². The summed E-state index contributed by atoms with van der Waals surface area (Å²) in [6.07, 6.45) is 5.90. The van der Waals surface area contributed by atoms with E-state index in [4.69, 9.17) is 0 Å². The van der Waals surface area contributed by atoms with Gasteiger partial charge in [-0.25, -0.2) is 9.48 Å². The van der Waals surface area contributed by atoms with Gasteiger partial charge in [-0.2, -0.15) is 5.10 Å². The zero-order valence-corrected chi connectivity index (χ0v) is 16.4. The van der Waals surface area contributed by atoms with E-state index in [1.54, 1.807) is 38.5 Å². The number of nitrogens with zero attached hydrogens (tertiary/aromatic N) is 4. The van der Waals surface area contributed by atoms with Crippen molar-refractivity contribution in [2.75, 3.05) is 5.32 Å². The Balaban J connectivity index is 1.63. The van der Waals surface area contributed by atoms with Crippen LogP contribution < -0.4 is 11.0 Å². The van der Waals surface area contributed by atoms with E-state index < -0.39 is 0 Å². The van der Waals surface area contributed by atoms with Crippen LogP contribution in [0.25, 0.3) is 0 Å². The van der Waals surface area contributed by atoms with Gasteiger partial charge in [0.15, 0.2) is 5.78 Å². The summed E-state index contributed by atoms with van der Waals surface area (Å²) in [5.41, 5.74) is 1.76. The second-order valence-corrected chi connectivity index (χ2v) is 7.83. The molecular weight excluding hydrogens is 378 g/mol. The fourth-order valence-electron chi connectivity index (χ4n) is 3.38. The van der Waals surface area contributed by atoms with Gasteiger partial charge in [-0.3, -0.25) is 19.1 Å². The first-order chi connectivity index (χ1) is 13.5. The molecule has 0 spiro atoms. The monoisotopic (exact) mass is 397 g/mol. The molecule has 9 heteroatoms. The highest BCUT2D eigenvalue weighted by molar-refractivity contribution is 7.17. The number of carbonyl (C=O) groups excluding carboxylic acids is 2. The largest absolute Gasteiger partial charge is 0.346 e. The van der Waals surface area contributed by atoms with Crippen LogP contribution in [0.15, 0.2) is 29.3 Å². The highest BCUT2D eigenvalue weighted by Crippen LogP contribution is 2.40. The van der Waals surface area contributed by atoms with Crippen LogP contribution in [0.5, 0.6) is 0 Å². The van der Waals surface area contributed by atoms with Gasteiger partial charge >= 0.3 is 5.69 Å². The zero-order chi connectivity index (χ0) is 19.8. The number of thiophene rings is 1. The molecule has 1 aliphatic carbocycles. The van der Waals surface area contributed by atoms with Crippen LogP contribution in [0.4, 0.5) is 5.00 Å². The summed E-state index contributed by atoms with van der Waals surface area (Å²) in [6, 6.07) is 3.34. The lowest BCUT2D eigenvalue weighted by atomic mass is 10.0. The number of pyridine rings is 1. The van der Waals surface area contributed by atoms with Gasteiger partial charge in [-0.15, -0.1) is 11.3 Å². The number of fused-ring (bicyclic) bond motifs is 1. The second kappa shape index (κ2) is 7.16. The number of amides is 1. The number of anilines is 1. The van der Waals surface area contributed by atoms with E-state index in [1.807, 2.05) is 0 Å². The van der Waals surface area contributed by atoms with Crippen LogP contribution in [-0.4, -0.2) is 31.0 Å². The molecule has 0 bridgehead atoms. The van der Waals surface area contributed by atoms with Gasteiger partial charge in [-0.05, 0) is 43.9 Å². The molecule has 144 valence electrons. The standard InChI is InChI=1S/C19H19N5O3S/c1-11-22-24(19(27)23(11)2)10-15(25)21-18-16(13-4-3-5-14(13)28-18)17(26)12-6-8-20-9-7-12/h6-9H,3-5,10H2,1-2H3,(H,21,25). The van der Waals surface area contributed by atoms with Gasteiger partial charge in [0.05, 0.1) is 5.56 Å². The number of hydrogen-bond donors (Lipinski definition) is 1. The predicted molar refractivity (Wildman–Crippen MR) is 105 cm³/mol. The maximum atomic E-state index is 13.1. The maximum absolute atomic E-state index is 13.1.